The molecule has 0 unspecified atom stereocenters. The summed E-state index contributed by atoms with van der Waals surface area (Å²) in [4.78, 5) is 13.5. The molecule has 0 atom stereocenters. The van der Waals surface area contributed by atoms with E-state index in [1.54, 1.807) is 12.1 Å². The van der Waals surface area contributed by atoms with Crippen molar-refractivity contribution in [2.45, 2.75) is 13.5 Å². The molecule has 140 valence electrons. The van der Waals surface area contributed by atoms with Crippen LogP contribution >= 0.6 is 24.0 Å². The highest BCUT2D eigenvalue weighted by atomic mass is 127. The van der Waals surface area contributed by atoms with Crippen molar-refractivity contribution >= 4 is 35.8 Å². The second-order valence-electron chi connectivity index (χ2n) is 5.92. The summed E-state index contributed by atoms with van der Waals surface area (Å²) in [6.07, 6.45) is 1.82. The van der Waals surface area contributed by atoms with Gasteiger partial charge in [-0.25, -0.2) is 14.4 Å². The standard InChI is InChI=1S/C19H24FN5.HI/c1-2-21-19(23-15-16-7-3-4-8-17(16)20)25-13-11-24(12-14-25)18-9-5-6-10-22-18;/h3-10H,2,11-15H2,1H3,(H,21,23);1H. The van der Waals surface area contributed by atoms with Crippen molar-refractivity contribution in [3.05, 3.63) is 60.0 Å². The van der Waals surface area contributed by atoms with Crippen LogP contribution < -0.4 is 10.2 Å². The third kappa shape index (κ3) is 5.30. The van der Waals surface area contributed by atoms with E-state index in [0.29, 0.717) is 12.1 Å². The summed E-state index contributed by atoms with van der Waals surface area (Å²) in [5.74, 6) is 1.64. The van der Waals surface area contributed by atoms with E-state index in [9.17, 15) is 4.39 Å². The summed E-state index contributed by atoms with van der Waals surface area (Å²) in [7, 11) is 0. The van der Waals surface area contributed by atoms with Crippen molar-refractivity contribution in [1.82, 2.24) is 15.2 Å². The quantitative estimate of drug-likeness (QED) is 0.425. The van der Waals surface area contributed by atoms with Crippen molar-refractivity contribution in [3.8, 4) is 0 Å². The van der Waals surface area contributed by atoms with Gasteiger partial charge in [0.2, 0.25) is 0 Å². The summed E-state index contributed by atoms with van der Waals surface area (Å²) >= 11 is 0. The van der Waals surface area contributed by atoms with Gasteiger partial charge in [-0.2, -0.15) is 0 Å². The Balaban J connectivity index is 0.00000243. The van der Waals surface area contributed by atoms with Crippen LogP contribution in [0.25, 0.3) is 0 Å². The SMILES string of the molecule is CCNC(=NCc1ccccc1F)N1CCN(c2ccccn2)CC1.I. The Labute approximate surface area is 171 Å². The molecule has 0 saturated carbocycles. The molecule has 1 aromatic carbocycles. The van der Waals surface area contributed by atoms with Gasteiger partial charge in [-0.15, -0.1) is 24.0 Å². The fraction of sp³-hybridized carbons (Fsp3) is 0.368. The number of nitrogens with one attached hydrogen (secondary N) is 1. The van der Waals surface area contributed by atoms with Crippen molar-refractivity contribution in [2.75, 3.05) is 37.6 Å². The van der Waals surface area contributed by atoms with Gasteiger partial charge in [-0.3, -0.25) is 0 Å². The van der Waals surface area contributed by atoms with Gasteiger partial charge in [0, 0.05) is 44.5 Å². The highest BCUT2D eigenvalue weighted by Crippen LogP contribution is 2.13. The summed E-state index contributed by atoms with van der Waals surface area (Å²) in [6, 6.07) is 12.8. The summed E-state index contributed by atoms with van der Waals surface area (Å²) in [5.41, 5.74) is 0.616. The zero-order valence-electron chi connectivity index (χ0n) is 14.9. The van der Waals surface area contributed by atoms with E-state index in [0.717, 1.165) is 44.5 Å². The molecule has 1 aromatic heterocycles. The molecule has 0 amide bonds. The lowest BCUT2D eigenvalue weighted by Crippen LogP contribution is -2.52. The van der Waals surface area contributed by atoms with Crippen LogP contribution in [-0.2, 0) is 6.54 Å². The first-order valence-corrected chi connectivity index (χ1v) is 8.70. The van der Waals surface area contributed by atoms with Gasteiger partial charge in [0.25, 0.3) is 0 Å². The highest BCUT2D eigenvalue weighted by molar-refractivity contribution is 14.0. The van der Waals surface area contributed by atoms with Crippen molar-refractivity contribution in [3.63, 3.8) is 0 Å². The minimum atomic E-state index is -0.206. The molecule has 5 nitrogen and oxygen atoms in total. The number of nitrogens with zero attached hydrogens (tertiary/aromatic N) is 4. The molecule has 2 heterocycles. The van der Waals surface area contributed by atoms with Crippen LogP contribution in [0.2, 0.25) is 0 Å². The Morgan fingerprint density at radius 2 is 1.85 bits per heavy atom. The highest BCUT2D eigenvalue weighted by Gasteiger charge is 2.20. The van der Waals surface area contributed by atoms with Gasteiger partial charge in [0.15, 0.2) is 5.96 Å². The lowest BCUT2D eigenvalue weighted by atomic mass is 10.2. The van der Waals surface area contributed by atoms with E-state index < -0.39 is 0 Å². The number of pyridine rings is 1. The van der Waals surface area contributed by atoms with Gasteiger partial charge >= 0.3 is 0 Å². The Morgan fingerprint density at radius 1 is 1.12 bits per heavy atom. The zero-order chi connectivity index (χ0) is 17.5. The van der Waals surface area contributed by atoms with E-state index in [2.05, 4.69) is 25.1 Å². The number of aromatic nitrogens is 1. The number of halogens is 2. The van der Waals surface area contributed by atoms with E-state index in [1.165, 1.54) is 6.07 Å². The predicted octanol–water partition coefficient (Wildman–Crippen LogP) is 3.13. The van der Waals surface area contributed by atoms with Crippen LogP contribution in [0.1, 0.15) is 12.5 Å². The average molecular weight is 469 g/mol. The topological polar surface area (TPSA) is 43.8 Å². The van der Waals surface area contributed by atoms with Crippen molar-refractivity contribution < 1.29 is 4.39 Å². The molecule has 0 aliphatic carbocycles. The van der Waals surface area contributed by atoms with Gasteiger partial charge in [0.1, 0.15) is 11.6 Å². The lowest BCUT2D eigenvalue weighted by molar-refractivity contribution is 0.371. The lowest BCUT2D eigenvalue weighted by Gasteiger charge is -2.37. The minimum absolute atomic E-state index is 0. The number of rotatable bonds is 4. The molecule has 0 radical (unpaired) electrons. The number of piperazine rings is 1. The van der Waals surface area contributed by atoms with Gasteiger partial charge < -0.3 is 15.1 Å². The zero-order valence-corrected chi connectivity index (χ0v) is 17.3. The monoisotopic (exact) mass is 469 g/mol. The molecule has 3 rings (SSSR count). The van der Waals surface area contributed by atoms with Crippen molar-refractivity contribution in [1.29, 1.82) is 0 Å². The number of benzene rings is 1. The maximum Gasteiger partial charge on any atom is 0.194 e. The van der Waals surface area contributed by atoms with E-state index >= 15 is 0 Å². The van der Waals surface area contributed by atoms with Crippen LogP contribution in [0, 0.1) is 5.82 Å². The van der Waals surface area contributed by atoms with E-state index in [1.807, 2.05) is 37.4 Å². The second kappa shape index (κ2) is 10.3. The molecule has 1 fully saturated rings. The molecule has 0 spiro atoms. The Morgan fingerprint density at radius 3 is 2.50 bits per heavy atom. The molecule has 1 N–H and O–H groups in total. The van der Waals surface area contributed by atoms with Crippen LogP contribution in [0.3, 0.4) is 0 Å². The summed E-state index contributed by atoms with van der Waals surface area (Å²) in [5, 5.41) is 3.32. The summed E-state index contributed by atoms with van der Waals surface area (Å²) in [6.45, 7) is 6.68. The van der Waals surface area contributed by atoms with Crippen LogP contribution in [0.5, 0.6) is 0 Å². The third-order valence-corrected chi connectivity index (χ3v) is 4.24. The number of hydrogen-bond donors (Lipinski definition) is 1. The maximum absolute atomic E-state index is 13.8. The Hall–Kier alpha value is -1.90. The molecule has 1 aliphatic rings. The molecule has 0 bridgehead atoms. The normalized spacial score (nSPS) is 14.8. The van der Waals surface area contributed by atoms with Crippen LogP contribution in [0.4, 0.5) is 10.2 Å². The first kappa shape index (κ1) is 20.4. The first-order chi connectivity index (χ1) is 12.3. The minimum Gasteiger partial charge on any atom is -0.357 e. The largest absolute Gasteiger partial charge is 0.357 e. The number of hydrogen-bond acceptors (Lipinski definition) is 3. The molecule has 1 aliphatic heterocycles. The van der Waals surface area contributed by atoms with Gasteiger partial charge in [-0.1, -0.05) is 24.3 Å². The smallest absolute Gasteiger partial charge is 0.194 e. The third-order valence-electron chi connectivity index (χ3n) is 4.24. The van der Waals surface area contributed by atoms with Gasteiger partial charge in [-0.05, 0) is 25.1 Å². The van der Waals surface area contributed by atoms with Crippen molar-refractivity contribution in [2.24, 2.45) is 4.99 Å². The summed E-state index contributed by atoms with van der Waals surface area (Å²) < 4.78 is 13.8. The Kier molecular flexibility index (Phi) is 8.08. The second-order valence-corrected chi connectivity index (χ2v) is 5.92. The van der Waals surface area contributed by atoms with Crippen LogP contribution in [0.15, 0.2) is 53.7 Å². The fourth-order valence-electron chi connectivity index (χ4n) is 2.90. The number of anilines is 1. The van der Waals surface area contributed by atoms with E-state index in [4.69, 9.17) is 0 Å². The molecule has 26 heavy (non-hydrogen) atoms. The average Bonchev–Trinajstić information content (AvgIpc) is 2.67. The maximum atomic E-state index is 13.8. The molecular formula is C19H25FIN5. The number of guanidine groups is 1. The number of aliphatic imine (C=N–C) groups is 1. The molecule has 2 aromatic rings. The Bertz CT molecular complexity index is 702. The molecule has 1 saturated heterocycles. The fourth-order valence-corrected chi connectivity index (χ4v) is 2.90. The first-order valence-electron chi connectivity index (χ1n) is 8.70. The van der Waals surface area contributed by atoms with Gasteiger partial charge in [0.05, 0.1) is 6.54 Å². The molecular weight excluding hydrogens is 444 g/mol. The molecule has 7 heteroatoms. The predicted molar refractivity (Wildman–Crippen MR) is 115 cm³/mol. The van der Waals surface area contributed by atoms with E-state index in [-0.39, 0.29) is 29.8 Å². The van der Waals surface area contributed by atoms with Crippen LogP contribution in [-0.4, -0.2) is 48.6 Å².